The van der Waals surface area contributed by atoms with Gasteiger partial charge in [-0.25, -0.2) is 0 Å². The molecular formula is C23H27N4O2P. The number of aliphatic hydroxyl groups excluding tert-OH is 1. The number of carbonyl (C=O) groups is 1. The molecule has 0 spiro atoms. The summed E-state index contributed by atoms with van der Waals surface area (Å²) < 4.78 is 0. The number of amides is 1. The van der Waals surface area contributed by atoms with Crippen molar-refractivity contribution in [2.75, 3.05) is 38.6 Å². The summed E-state index contributed by atoms with van der Waals surface area (Å²) in [6, 6.07) is 5.95. The van der Waals surface area contributed by atoms with Gasteiger partial charge in [0.1, 0.15) is 0 Å². The topological polar surface area (TPSA) is 79.7 Å². The minimum absolute atomic E-state index is 0.00279. The summed E-state index contributed by atoms with van der Waals surface area (Å²) in [5.41, 5.74) is 5.10. The summed E-state index contributed by atoms with van der Waals surface area (Å²) in [5, 5.41) is 20.9. The Kier molecular flexibility index (Phi) is 6.28. The summed E-state index contributed by atoms with van der Waals surface area (Å²) in [5.74, 6) is 0.0479. The molecule has 2 unspecified atom stereocenters. The number of fused-ring (bicyclic) bond motifs is 1. The number of carbonyl (C=O) groups excluding carboxylic acids is 1. The second-order valence-electron chi connectivity index (χ2n) is 7.54. The van der Waals surface area contributed by atoms with Crippen LogP contribution in [0.25, 0.3) is 5.31 Å². The molecule has 2 atom stereocenters. The number of nitrogens with zero attached hydrogens (tertiary/aromatic N) is 2. The highest BCUT2D eigenvalue weighted by Crippen LogP contribution is 2.45. The van der Waals surface area contributed by atoms with Crippen molar-refractivity contribution >= 4 is 31.7 Å². The lowest BCUT2D eigenvalue weighted by Crippen LogP contribution is -2.36. The van der Waals surface area contributed by atoms with Gasteiger partial charge in [0.25, 0.3) is 5.91 Å². The average molecular weight is 422 g/mol. The predicted octanol–water partition coefficient (Wildman–Crippen LogP) is 2.99. The van der Waals surface area contributed by atoms with Crippen LogP contribution in [0.2, 0.25) is 0 Å². The van der Waals surface area contributed by atoms with Gasteiger partial charge in [0.15, 0.2) is 0 Å². The van der Waals surface area contributed by atoms with Gasteiger partial charge < -0.3 is 20.7 Å². The highest BCUT2D eigenvalue weighted by molar-refractivity contribution is 7.51. The van der Waals surface area contributed by atoms with E-state index in [4.69, 9.17) is 10.5 Å². The summed E-state index contributed by atoms with van der Waals surface area (Å²) in [6.07, 6.45) is 12.5. The first kappa shape index (κ1) is 20.7. The molecule has 156 valence electrons. The van der Waals surface area contributed by atoms with Gasteiger partial charge in [0.05, 0.1) is 12.4 Å². The van der Waals surface area contributed by atoms with E-state index in [0.29, 0.717) is 15.1 Å². The first-order valence-corrected chi connectivity index (χ1v) is 11.3. The van der Waals surface area contributed by atoms with Crippen LogP contribution in [0.5, 0.6) is 0 Å². The van der Waals surface area contributed by atoms with Gasteiger partial charge in [-0.1, -0.05) is 32.9 Å². The summed E-state index contributed by atoms with van der Waals surface area (Å²) in [6.45, 7) is 2.65. The molecule has 3 aliphatic rings. The Labute approximate surface area is 178 Å². The van der Waals surface area contributed by atoms with Crippen LogP contribution in [0.1, 0.15) is 17.5 Å². The summed E-state index contributed by atoms with van der Waals surface area (Å²) >= 11 is 0. The molecule has 30 heavy (non-hydrogen) atoms. The number of allylic oxidation sites excluding steroid dienone is 2. The second-order valence-corrected chi connectivity index (χ2v) is 8.96. The molecule has 0 bridgehead atoms. The van der Waals surface area contributed by atoms with Gasteiger partial charge in [-0.05, 0) is 40.6 Å². The van der Waals surface area contributed by atoms with Gasteiger partial charge in [-0.15, -0.1) is 0 Å². The molecule has 0 fully saturated rings. The zero-order chi connectivity index (χ0) is 21.1. The molecule has 4 rings (SSSR count). The van der Waals surface area contributed by atoms with Crippen molar-refractivity contribution in [1.29, 1.82) is 5.41 Å². The predicted molar refractivity (Wildman–Crippen MR) is 124 cm³/mol. The van der Waals surface area contributed by atoms with Crippen molar-refractivity contribution in [3.05, 3.63) is 71.0 Å². The van der Waals surface area contributed by atoms with Crippen LogP contribution in [-0.4, -0.2) is 66.1 Å². The van der Waals surface area contributed by atoms with E-state index in [1.165, 1.54) is 11.8 Å². The van der Waals surface area contributed by atoms with Crippen LogP contribution in [0.3, 0.4) is 0 Å². The molecular weight excluding hydrogens is 395 g/mol. The molecule has 3 aliphatic heterocycles. The maximum absolute atomic E-state index is 12.9. The van der Waals surface area contributed by atoms with Crippen LogP contribution < -0.4 is 5.32 Å². The average Bonchev–Trinajstić information content (AvgIpc) is 2.79. The van der Waals surface area contributed by atoms with Crippen molar-refractivity contribution in [3.8, 4) is 0 Å². The molecule has 0 radical (unpaired) electrons. The number of rotatable bonds is 6. The first-order chi connectivity index (χ1) is 14.6. The zero-order valence-corrected chi connectivity index (χ0v) is 18.1. The molecule has 0 saturated heterocycles. The smallest absolute Gasteiger partial charge is 0.252 e. The van der Waals surface area contributed by atoms with E-state index in [-0.39, 0.29) is 18.3 Å². The monoisotopic (exact) mass is 422 g/mol. The number of benzene rings is 1. The number of aliphatic hydroxyl groups is 1. The summed E-state index contributed by atoms with van der Waals surface area (Å²) in [7, 11) is 2.30. The van der Waals surface area contributed by atoms with Crippen LogP contribution in [0.15, 0.2) is 59.8 Å². The minimum atomic E-state index is 0.00279. The molecule has 6 nitrogen and oxygen atoms in total. The molecule has 7 heteroatoms. The maximum atomic E-state index is 12.9. The maximum Gasteiger partial charge on any atom is 0.252 e. The molecule has 0 saturated carbocycles. The first-order valence-electron chi connectivity index (χ1n) is 10.2. The van der Waals surface area contributed by atoms with Crippen molar-refractivity contribution in [3.63, 3.8) is 0 Å². The fourth-order valence-electron chi connectivity index (χ4n) is 4.03. The number of hydrogen-bond donors (Lipinski definition) is 3. The molecule has 3 heterocycles. The minimum Gasteiger partial charge on any atom is -0.395 e. The Hall–Kier alpha value is -2.53. The van der Waals surface area contributed by atoms with Gasteiger partial charge in [0.2, 0.25) is 0 Å². The van der Waals surface area contributed by atoms with Crippen LogP contribution in [0, 0.1) is 5.41 Å². The third-order valence-electron chi connectivity index (χ3n) is 5.73. The Morgan fingerprint density at radius 1 is 1.40 bits per heavy atom. The largest absolute Gasteiger partial charge is 0.395 e. The molecule has 0 aromatic heterocycles. The number of β-amino-alcohol motifs (C(OH)–C–C–N with tert-alkyl or cyclic N) is 1. The van der Waals surface area contributed by atoms with Crippen LogP contribution >= 0.6 is 8.58 Å². The molecule has 1 aromatic rings. The number of anilines is 1. The lowest BCUT2D eigenvalue weighted by atomic mass is 9.98. The lowest BCUT2D eigenvalue weighted by molar-refractivity contribution is -0.123. The van der Waals surface area contributed by atoms with E-state index >= 15 is 0 Å². The Bertz CT molecular complexity index is 979. The van der Waals surface area contributed by atoms with Gasteiger partial charge in [-0.2, -0.15) is 0 Å². The lowest BCUT2D eigenvalue weighted by Gasteiger charge is -2.35. The SMILES string of the molecule is CNc1ccc(C2=CC(=O)N3C=C(C4=CCN(CCO)CC4)C=CC3P2)cc1C=N. The Balaban J connectivity index is 1.54. The second kappa shape index (κ2) is 9.09. The van der Waals surface area contributed by atoms with E-state index in [1.54, 1.807) is 6.08 Å². The van der Waals surface area contributed by atoms with Crippen molar-refractivity contribution < 1.29 is 9.90 Å². The van der Waals surface area contributed by atoms with Crippen LogP contribution in [-0.2, 0) is 4.79 Å². The van der Waals surface area contributed by atoms with Gasteiger partial charge >= 0.3 is 0 Å². The fraction of sp³-hybridized carbons (Fsp3) is 0.304. The standard InChI is InChI=1S/C23H27N4O2P/c1-25-20-4-2-17(12-19(20)14-24)21-13-22(29)27-15-18(3-5-23(27)30-21)16-6-8-26(9-7-16)10-11-28/h2-6,12-15,23-25,28,30H,7-11H2,1H3. The summed E-state index contributed by atoms with van der Waals surface area (Å²) in [4.78, 5) is 17.0. The molecule has 1 amide bonds. The zero-order valence-electron chi connectivity index (χ0n) is 17.1. The number of hydrogen-bond acceptors (Lipinski definition) is 5. The third kappa shape index (κ3) is 4.17. The van der Waals surface area contributed by atoms with E-state index in [0.717, 1.165) is 47.2 Å². The Morgan fingerprint density at radius 3 is 2.97 bits per heavy atom. The molecule has 0 aliphatic carbocycles. The van der Waals surface area contributed by atoms with Crippen LogP contribution in [0.4, 0.5) is 5.69 Å². The highest BCUT2D eigenvalue weighted by atomic mass is 31.1. The molecule has 1 aromatic carbocycles. The Morgan fingerprint density at radius 2 is 2.27 bits per heavy atom. The molecule has 3 N–H and O–H groups in total. The van der Waals surface area contributed by atoms with Gasteiger partial charge in [0, 0.05) is 56.4 Å². The number of nitrogens with one attached hydrogen (secondary N) is 2. The van der Waals surface area contributed by atoms with E-state index < -0.39 is 0 Å². The van der Waals surface area contributed by atoms with Crippen molar-refractivity contribution in [1.82, 2.24) is 9.80 Å². The van der Waals surface area contributed by atoms with Crippen molar-refractivity contribution in [2.45, 2.75) is 12.2 Å². The van der Waals surface area contributed by atoms with E-state index in [2.05, 4.69) is 28.4 Å². The van der Waals surface area contributed by atoms with Crippen molar-refractivity contribution in [2.24, 2.45) is 0 Å². The quantitative estimate of drug-likeness (QED) is 0.487. The van der Waals surface area contributed by atoms with Gasteiger partial charge in [-0.3, -0.25) is 9.69 Å². The fourth-order valence-corrected chi connectivity index (χ4v) is 5.41. The third-order valence-corrected chi connectivity index (χ3v) is 7.24. The van der Waals surface area contributed by atoms with E-state index in [9.17, 15) is 4.79 Å². The van der Waals surface area contributed by atoms with E-state index in [1.807, 2.05) is 36.3 Å². The normalized spacial score (nSPS) is 22.3. The highest BCUT2D eigenvalue weighted by Gasteiger charge is 2.29.